The number of ether oxygens (including phenoxy) is 1. The van der Waals surface area contributed by atoms with Gasteiger partial charge < -0.3 is 4.74 Å². The van der Waals surface area contributed by atoms with Gasteiger partial charge in [-0.1, -0.05) is 18.2 Å². The van der Waals surface area contributed by atoms with Gasteiger partial charge in [-0.2, -0.15) is 13.2 Å². The van der Waals surface area contributed by atoms with Gasteiger partial charge in [0.05, 0.1) is 0 Å². The lowest BCUT2D eigenvalue weighted by molar-refractivity contribution is -0.141. The highest BCUT2D eigenvalue weighted by atomic mass is 32.2. The van der Waals surface area contributed by atoms with E-state index in [1.165, 1.54) is 29.3 Å². The van der Waals surface area contributed by atoms with E-state index in [2.05, 4.69) is 9.97 Å². The second-order valence-electron chi connectivity index (χ2n) is 6.23. The van der Waals surface area contributed by atoms with Gasteiger partial charge in [0.25, 0.3) is 0 Å². The predicted octanol–water partition coefficient (Wildman–Crippen LogP) is 7.31. The molecule has 0 N–H and O–H groups in total. The van der Waals surface area contributed by atoms with Crippen LogP contribution >= 0.6 is 23.1 Å². The van der Waals surface area contributed by atoms with Crippen molar-refractivity contribution in [2.45, 2.75) is 16.8 Å². The second kappa shape index (κ2) is 8.89. The molecule has 2 heterocycles. The molecule has 0 bridgehead atoms. The van der Waals surface area contributed by atoms with Crippen molar-refractivity contribution in [3.63, 3.8) is 0 Å². The number of aromatic nitrogens is 2. The molecule has 0 radical (unpaired) electrons. The zero-order chi connectivity index (χ0) is 21.0. The largest absolute Gasteiger partial charge is 0.457 e. The van der Waals surface area contributed by atoms with Crippen molar-refractivity contribution in [2.75, 3.05) is 0 Å². The van der Waals surface area contributed by atoms with Crippen LogP contribution in [0.4, 0.5) is 13.2 Å². The Balaban J connectivity index is 1.39. The summed E-state index contributed by atoms with van der Waals surface area (Å²) in [6.45, 7) is 0. The molecule has 0 saturated heterocycles. The van der Waals surface area contributed by atoms with Crippen LogP contribution in [0.5, 0.6) is 11.5 Å². The zero-order valence-corrected chi connectivity index (χ0v) is 17.1. The number of para-hydroxylation sites is 1. The Hall–Kier alpha value is -2.84. The maximum Gasteiger partial charge on any atom is 0.433 e. The molecule has 3 nitrogen and oxygen atoms in total. The maximum atomic E-state index is 12.8. The fourth-order valence-corrected chi connectivity index (χ4v) is 4.47. The monoisotopic (exact) mass is 444 g/mol. The van der Waals surface area contributed by atoms with Gasteiger partial charge >= 0.3 is 6.18 Å². The smallest absolute Gasteiger partial charge is 0.433 e. The van der Waals surface area contributed by atoms with Crippen molar-refractivity contribution in [2.24, 2.45) is 0 Å². The molecule has 2 aromatic heterocycles. The van der Waals surface area contributed by atoms with E-state index in [-0.39, 0.29) is 0 Å². The summed E-state index contributed by atoms with van der Waals surface area (Å²) in [5, 5.41) is 0.850. The van der Waals surface area contributed by atoms with Crippen LogP contribution in [0.25, 0.3) is 10.6 Å². The van der Waals surface area contributed by atoms with Crippen molar-refractivity contribution in [1.82, 2.24) is 9.97 Å². The summed E-state index contributed by atoms with van der Waals surface area (Å²) in [7, 11) is 0. The third-order valence-electron chi connectivity index (χ3n) is 4.04. The minimum Gasteiger partial charge on any atom is -0.457 e. The first-order valence-corrected chi connectivity index (χ1v) is 10.7. The van der Waals surface area contributed by atoms with Crippen LogP contribution in [-0.4, -0.2) is 9.97 Å². The van der Waals surface area contributed by atoms with Crippen LogP contribution < -0.4 is 4.74 Å². The highest BCUT2D eigenvalue weighted by Crippen LogP contribution is 2.34. The molecule has 0 saturated carbocycles. The van der Waals surface area contributed by atoms with Crippen molar-refractivity contribution >= 4 is 23.1 Å². The molecule has 30 heavy (non-hydrogen) atoms. The van der Waals surface area contributed by atoms with Gasteiger partial charge in [-0.05, 0) is 48.5 Å². The van der Waals surface area contributed by atoms with Crippen molar-refractivity contribution in [3.05, 3.63) is 89.7 Å². The molecule has 4 aromatic rings. The Morgan fingerprint density at radius 1 is 0.900 bits per heavy atom. The first-order chi connectivity index (χ1) is 14.5. The zero-order valence-electron chi connectivity index (χ0n) is 15.5. The number of thiazole rings is 1. The minimum atomic E-state index is -4.44. The summed E-state index contributed by atoms with van der Waals surface area (Å²) in [6.07, 6.45) is -1.50. The summed E-state index contributed by atoms with van der Waals surface area (Å²) >= 11 is 2.84. The quantitative estimate of drug-likeness (QED) is 0.292. The van der Waals surface area contributed by atoms with E-state index in [4.69, 9.17) is 4.74 Å². The van der Waals surface area contributed by atoms with Gasteiger partial charge in [0.15, 0.2) is 0 Å². The molecule has 0 unspecified atom stereocenters. The molecule has 0 spiro atoms. The number of alkyl halides is 3. The van der Waals surface area contributed by atoms with E-state index in [0.717, 1.165) is 33.0 Å². The molecule has 152 valence electrons. The van der Waals surface area contributed by atoms with Gasteiger partial charge in [0, 0.05) is 33.5 Å². The molecule has 8 heteroatoms. The van der Waals surface area contributed by atoms with E-state index >= 15 is 0 Å². The van der Waals surface area contributed by atoms with Gasteiger partial charge in [0.2, 0.25) is 0 Å². The SMILES string of the molecule is FC(F)(F)c1cc(SCc2cnc(-c3ccc(Oc4ccccc4)cc3)s2)ccn1. The topological polar surface area (TPSA) is 35.0 Å². The Kier molecular flexibility index (Phi) is 6.06. The van der Waals surface area contributed by atoms with E-state index in [1.807, 2.05) is 54.6 Å². The van der Waals surface area contributed by atoms with E-state index in [1.54, 1.807) is 12.3 Å². The van der Waals surface area contributed by atoms with E-state index < -0.39 is 11.9 Å². The molecule has 4 rings (SSSR count). The number of halogens is 3. The Labute approximate surface area is 179 Å². The van der Waals surface area contributed by atoms with Gasteiger partial charge in [-0.3, -0.25) is 4.98 Å². The van der Waals surface area contributed by atoms with Crippen LogP contribution in [0, 0.1) is 0 Å². The van der Waals surface area contributed by atoms with Crippen molar-refractivity contribution < 1.29 is 17.9 Å². The number of nitrogens with zero attached hydrogens (tertiary/aromatic N) is 2. The maximum absolute atomic E-state index is 12.8. The first kappa shape index (κ1) is 20.4. The van der Waals surface area contributed by atoms with E-state index in [9.17, 15) is 13.2 Å². The number of hydrogen-bond donors (Lipinski definition) is 0. The van der Waals surface area contributed by atoms with Crippen LogP contribution in [0.2, 0.25) is 0 Å². The molecule has 2 aromatic carbocycles. The fourth-order valence-electron chi connectivity index (χ4n) is 2.61. The number of benzene rings is 2. The number of thioether (sulfide) groups is 1. The standard InChI is InChI=1S/C22H15F3N2OS2/c23-22(24,25)20-12-18(10-11-26-20)29-14-19-13-27-21(30-19)15-6-8-17(9-7-15)28-16-4-2-1-3-5-16/h1-13H,14H2. The van der Waals surface area contributed by atoms with E-state index in [0.29, 0.717) is 10.6 Å². The first-order valence-electron chi connectivity index (χ1n) is 8.91. The van der Waals surface area contributed by atoms with Crippen molar-refractivity contribution in [3.8, 4) is 22.1 Å². The normalized spacial score (nSPS) is 11.4. The molecular weight excluding hydrogens is 429 g/mol. The Morgan fingerprint density at radius 2 is 1.63 bits per heavy atom. The number of rotatable bonds is 6. The third kappa shape index (κ3) is 5.20. The second-order valence-corrected chi connectivity index (χ2v) is 8.40. The molecule has 0 amide bonds. The third-order valence-corrected chi connectivity index (χ3v) is 6.31. The summed E-state index contributed by atoms with van der Waals surface area (Å²) in [6, 6.07) is 19.8. The lowest BCUT2D eigenvalue weighted by Gasteiger charge is -2.06. The average molecular weight is 445 g/mol. The molecule has 0 fully saturated rings. The predicted molar refractivity (Wildman–Crippen MR) is 113 cm³/mol. The lowest BCUT2D eigenvalue weighted by Crippen LogP contribution is -2.07. The Morgan fingerprint density at radius 3 is 2.37 bits per heavy atom. The molecular formula is C22H15F3N2OS2. The molecule has 0 atom stereocenters. The summed E-state index contributed by atoms with van der Waals surface area (Å²) in [4.78, 5) is 9.33. The summed E-state index contributed by atoms with van der Waals surface area (Å²) in [5.41, 5.74) is 0.0789. The van der Waals surface area contributed by atoms with Crippen LogP contribution in [0.15, 0.2) is 84.0 Å². The van der Waals surface area contributed by atoms with Crippen LogP contribution in [0.1, 0.15) is 10.6 Å². The minimum absolute atomic E-state index is 0.523. The van der Waals surface area contributed by atoms with Gasteiger partial charge in [-0.15, -0.1) is 23.1 Å². The highest BCUT2D eigenvalue weighted by Gasteiger charge is 2.32. The number of pyridine rings is 1. The van der Waals surface area contributed by atoms with Crippen molar-refractivity contribution in [1.29, 1.82) is 0 Å². The van der Waals surface area contributed by atoms with Crippen LogP contribution in [-0.2, 0) is 11.9 Å². The van der Waals surface area contributed by atoms with Gasteiger partial charge in [0.1, 0.15) is 22.2 Å². The summed E-state index contributed by atoms with van der Waals surface area (Å²) < 4.78 is 44.1. The molecule has 0 aliphatic rings. The fraction of sp³-hybridized carbons (Fsp3) is 0.0909. The molecule has 0 aliphatic carbocycles. The lowest BCUT2D eigenvalue weighted by atomic mass is 10.2. The summed E-state index contributed by atoms with van der Waals surface area (Å²) in [5.74, 6) is 2.04. The Bertz CT molecular complexity index is 1110. The number of hydrogen-bond acceptors (Lipinski definition) is 5. The highest BCUT2D eigenvalue weighted by molar-refractivity contribution is 7.98. The van der Waals surface area contributed by atoms with Gasteiger partial charge in [-0.25, -0.2) is 4.98 Å². The average Bonchev–Trinajstić information content (AvgIpc) is 3.22. The molecule has 0 aliphatic heterocycles. The van der Waals surface area contributed by atoms with Crippen LogP contribution in [0.3, 0.4) is 0 Å².